The van der Waals surface area contributed by atoms with Crippen LogP contribution in [-0.4, -0.2) is 20.2 Å². The number of nitrogens with one attached hydrogen (secondary N) is 1. The molecule has 0 saturated carbocycles. The van der Waals surface area contributed by atoms with Gasteiger partial charge in [0.15, 0.2) is 0 Å². The van der Waals surface area contributed by atoms with E-state index in [9.17, 15) is 0 Å². The highest BCUT2D eigenvalue weighted by atomic mass is 16.5. The van der Waals surface area contributed by atoms with Crippen LogP contribution < -0.4 is 10.1 Å². The molecule has 0 spiro atoms. The summed E-state index contributed by atoms with van der Waals surface area (Å²) in [6, 6.07) is 4.35. The van der Waals surface area contributed by atoms with Crippen LogP contribution in [0.15, 0.2) is 12.1 Å². The molecule has 1 N–H and O–H groups in total. The van der Waals surface area contributed by atoms with E-state index in [-0.39, 0.29) is 0 Å². The molecule has 0 saturated heterocycles. The average molecular weight is 249 g/mol. The Morgan fingerprint density at radius 2 is 1.72 bits per heavy atom. The molecule has 0 atom stereocenters. The van der Waals surface area contributed by atoms with Gasteiger partial charge >= 0.3 is 0 Å². The van der Waals surface area contributed by atoms with Gasteiger partial charge in [-0.3, -0.25) is 0 Å². The Kier molecular flexibility index (Phi) is 6.81. The van der Waals surface area contributed by atoms with Gasteiger partial charge in [0.2, 0.25) is 0 Å². The number of hydrogen-bond donors (Lipinski definition) is 1. The third kappa shape index (κ3) is 5.09. The van der Waals surface area contributed by atoms with Gasteiger partial charge in [0, 0.05) is 0 Å². The van der Waals surface area contributed by atoms with Crippen molar-refractivity contribution >= 4 is 0 Å². The summed E-state index contributed by atoms with van der Waals surface area (Å²) >= 11 is 0. The second-order valence-corrected chi connectivity index (χ2v) is 5.07. The predicted octanol–water partition coefficient (Wildman–Crippen LogP) is 3.77. The Balaban J connectivity index is 2.27. The molecule has 2 heteroatoms. The minimum Gasteiger partial charge on any atom is -0.493 e. The van der Waals surface area contributed by atoms with Crippen molar-refractivity contribution in [2.75, 3.05) is 20.2 Å². The highest BCUT2D eigenvalue weighted by molar-refractivity contribution is 5.41. The average Bonchev–Trinajstić information content (AvgIpc) is 2.33. The van der Waals surface area contributed by atoms with Crippen molar-refractivity contribution in [2.24, 2.45) is 0 Å². The largest absolute Gasteiger partial charge is 0.493 e. The summed E-state index contributed by atoms with van der Waals surface area (Å²) in [6.45, 7) is 8.36. The molecule has 1 aromatic rings. The molecule has 0 unspecified atom stereocenters. The molecule has 0 fully saturated rings. The first kappa shape index (κ1) is 15.0. The summed E-state index contributed by atoms with van der Waals surface area (Å²) in [5, 5.41) is 3.17. The maximum Gasteiger partial charge on any atom is 0.122 e. The van der Waals surface area contributed by atoms with Gasteiger partial charge in [-0.1, -0.05) is 18.9 Å². The lowest BCUT2D eigenvalue weighted by Gasteiger charge is -2.12. The third-order valence-electron chi connectivity index (χ3n) is 3.34. The minimum atomic E-state index is 0.837. The second-order valence-electron chi connectivity index (χ2n) is 5.07. The molecule has 1 rings (SSSR count). The quantitative estimate of drug-likeness (QED) is 0.708. The van der Waals surface area contributed by atoms with E-state index in [1.807, 2.05) is 7.05 Å². The molecule has 0 aliphatic heterocycles. The molecule has 0 aromatic heterocycles. The van der Waals surface area contributed by atoms with Crippen molar-refractivity contribution in [3.8, 4) is 5.75 Å². The summed E-state index contributed by atoms with van der Waals surface area (Å²) in [6.07, 6.45) is 4.96. The van der Waals surface area contributed by atoms with E-state index in [1.165, 1.54) is 36.0 Å². The van der Waals surface area contributed by atoms with Crippen LogP contribution in [-0.2, 0) is 0 Å². The van der Waals surface area contributed by atoms with E-state index >= 15 is 0 Å². The number of ether oxygens (including phenoxy) is 1. The molecule has 2 nitrogen and oxygen atoms in total. The van der Waals surface area contributed by atoms with Crippen LogP contribution in [0.4, 0.5) is 0 Å². The van der Waals surface area contributed by atoms with Crippen molar-refractivity contribution in [1.82, 2.24) is 5.32 Å². The van der Waals surface area contributed by atoms with Crippen LogP contribution in [0.1, 0.15) is 42.4 Å². The predicted molar refractivity (Wildman–Crippen MR) is 78.5 cm³/mol. The molecule has 0 aliphatic carbocycles. The smallest absolute Gasteiger partial charge is 0.122 e. The van der Waals surface area contributed by atoms with Gasteiger partial charge < -0.3 is 10.1 Å². The van der Waals surface area contributed by atoms with E-state index in [4.69, 9.17) is 4.74 Å². The monoisotopic (exact) mass is 249 g/mol. The molecule has 0 aliphatic rings. The zero-order valence-electron chi connectivity index (χ0n) is 12.3. The molecular formula is C16H27NO. The van der Waals surface area contributed by atoms with Crippen molar-refractivity contribution in [1.29, 1.82) is 0 Å². The van der Waals surface area contributed by atoms with Gasteiger partial charge in [-0.2, -0.15) is 0 Å². The van der Waals surface area contributed by atoms with E-state index in [1.54, 1.807) is 0 Å². The van der Waals surface area contributed by atoms with E-state index in [2.05, 4.69) is 38.2 Å². The molecule has 1 aromatic carbocycles. The summed E-state index contributed by atoms with van der Waals surface area (Å²) in [4.78, 5) is 0. The fourth-order valence-corrected chi connectivity index (χ4v) is 2.09. The van der Waals surface area contributed by atoms with E-state index in [0.717, 1.165) is 25.3 Å². The molecule has 0 heterocycles. The van der Waals surface area contributed by atoms with Gasteiger partial charge in [-0.25, -0.2) is 0 Å². The zero-order chi connectivity index (χ0) is 13.4. The van der Waals surface area contributed by atoms with Crippen LogP contribution >= 0.6 is 0 Å². The lowest BCUT2D eigenvalue weighted by molar-refractivity contribution is 0.302. The van der Waals surface area contributed by atoms with Crippen molar-refractivity contribution < 1.29 is 4.74 Å². The summed E-state index contributed by atoms with van der Waals surface area (Å²) < 4.78 is 5.89. The summed E-state index contributed by atoms with van der Waals surface area (Å²) in [7, 11) is 2.01. The SMILES string of the molecule is CNCCCCCCOc1cc(C)cc(C)c1C. The lowest BCUT2D eigenvalue weighted by atomic mass is 10.1. The molecule has 0 bridgehead atoms. The number of unbranched alkanes of at least 4 members (excludes halogenated alkanes) is 3. The summed E-state index contributed by atoms with van der Waals surface area (Å²) in [5.41, 5.74) is 3.87. The van der Waals surface area contributed by atoms with Crippen LogP contribution in [0.25, 0.3) is 0 Å². The van der Waals surface area contributed by atoms with Crippen molar-refractivity contribution in [2.45, 2.75) is 46.5 Å². The highest BCUT2D eigenvalue weighted by Gasteiger charge is 2.03. The molecule has 18 heavy (non-hydrogen) atoms. The number of benzene rings is 1. The molecule has 0 radical (unpaired) electrons. The lowest BCUT2D eigenvalue weighted by Crippen LogP contribution is -2.07. The van der Waals surface area contributed by atoms with Crippen LogP contribution in [0.3, 0.4) is 0 Å². The Bertz CT molecular complexity index is 360. The van der Waals surface area contributed by atoms with Crippen LogP contribution in [0, 0.1) is 20.8 Å². The summed E-state index contributed by atoms with van der Waals surface area (Å²) in [5.74, 6) is 1.06. The van der Waals surface area contributed by atoms with Gasteiger partial charge in [0.05, 0.1) is 6.61 Å². The first-order chi connectivity index (χ1) is 8.65. The Labute approximate surface area is 112 Å². The Morgan fingerprint density at radius 3 is 2.44 bits per heavy atom. The maximum absolute atomic E-state index is 5.89. The van der Waals surface area contributed by atoms with Crippen LogP contribution in [0.5, 0.6) is 5.75 Å². The van der Waals surface area contributed by atoms with Crippen LogP contribution in [0.2, 0.25) is 0 Å². The van der Waals surface area contributed by atoms with E-state index in [0.29, 0.717) is 0 Å². The standard InChI is InChI=1S/C16H27NO/c1-13-11-14(2)15(3)16(12-13)18-10-8-6-5-7-9-17-4/h11-12,17H,5-10H2,1-4H3. The third-order valence-corrected chi connectivity index (χ3v) is 3.34. The fourth-order valence-electron chi connectivity index (χ4n) is 2.09. The maximum atomic E-state index is 5.89. The second kappa shape index (κ2) is 8.15. The number of hydrogen-bond acceptors (Lipinski definition) is 2. The Morgan fingerprint density at radius 1 is 1.00 bits per heavy atom. The number of aryl methyl sites for hydroxylation is 2. The van der Waals surface area contributed by atoms with Crippen molar-refractivity contribution in [3.05, 3.63) is 28.8 Å². The first-order valence-electron chi connectivity index (χ1n) is 7.00. The van der Waals surface area contributed by atoms with Gasteiger partial charge in [0.25, 0.3) is 0 Å². The van der Waals surface area contributed by atoms with Crippen molar-refractivity contribution in [3.63, 3.8) is 0 Å². The van der Waals surface area contributed by atoms with Gasteiger partial charge in [0.1, 0.15) is 5.75 Å². The number of rotatable bonds is 8. The zero-order valence-corrected chi connectivity index (χ0v) is 12.3. The topological polar surface area (TPSA) is 21.3 Å². The molecule has 102 valence electrons. The fraction of sp³-hybridized carbons (Fsp3) is 0.625. The first-order valence-corrected chi connectivity index (χ1v) is 7.00. The highest BCUT2D eigenvalue weighted by Crippen LogP contribution is 2.23. The minimum absolute atomic E-state index is 0.837. The molecular weight excluding hydrogens is 222 g/mol. The van der Waals surface area contributed by atoms with Gasteiger partial charge in [-0.15, -0.1) is 0 Å². The Hall–Kier alpha value is -1.02. The van der Waals surface area contributed by atoms with E-state index < -0.39 is 0 Å². The molecule has 0 amide bonds. The van der Waals surface area contributed by atoms with Gasteiger partial charge in [-0.05, 0) is 70.0 Å². The normalized spacial score (nSPS) is 10.7.